The molecule has 2 saturated carbocycles. The van der Waals surface area contributed by atoms with Gasteiger partial charge in [0, 0.05) is 0 Å². The Hall–Kier alpha value is -1.50. The molecule has 2 aromatic rings. The smallest absolute Gasteiger partial charge is 0.119 e. The highest BCUT2D eigenvalue weighted by atomic mass is 16.5. The van der Waals surface area contributed by atoms with Crippen LogP contribution in [0.15, 0.2) is 36.4 Å². The van der Waals surface area contributed by atoms with Crippen LogP contribution in [-0.2, 0) is 0 Å². The molecule has 0 radical (unpaired) electrons. The summed E-state index contributed by atoms with van der Waals surface area (Å²) in [6.07, 6.45) is 8.64. The van der Waals surface area contributed by atoms with Gasteiger partial charge in [-0.05, 0) is 84.2 Å². The van der Waals surface area contributed by atoms with Gasteiger partial charge in [0.05, 0.1) is 7.11 Å². The van der Waals surface area contributed by atoms with Crippen LogP contribution in [-0.4, -0.2) is 7.11 Å². The van der Waals surface area contributed by atoms with Crippen LogP contribution in [0.25, 0.3) is 10.8 Å². The minimum Gasteiger partial charge on any atom is -0.497 e. The summed E-state index contributed by atoms with van der Waals surface area (Å²) < 4.78 is 5.34. The molecule has 2 aliphatic carbocycles. The van der Waals surface area contributed by atoms with Gasteiger partial charge in [-0.1, -0.05) is 37.6 Å². The number of methoxy groups -OCH3 is 1. The van der Waals surface area contributed by atoms with E-state index in [1.54, 1.807) is 12.7 Å². The lowest BCUT2D eigenvalue weighted by Crippen LogP contribution is -2.29. The van der Waals surface area contributed by atoms with Gasteiger partial charge in [-0.15, -0.1) is 0 Å². The molecule has 0 saturated heterocycles. The van der Waals surface area contributed by atoms with Gasteiger partial charge in [-0.3, -0.25) is 0 Å². The topological polar surface area (TPSA) is 9.23 Å². The molecule has 0 spiro atoms. The molecule has 4 unspecified atom stereocenters. The van der Waals surface area contributed by atoms with E-state index in [2.05, 4.69) is 43.3 Å². The zero-order valence-corrected chi connectivity index (χ0v) is 14.4. The van der Waals surface area contributed by atoms with Crippen molar-refractivity contribution in [3.05, 3.63) is 42.0 Å². The molecular weight excluding hydrogens is 280 g/mol. The van der Waals surface area contributed by atoms with Gasteiger partial charge >= 0.3 is 0 Å². The summed E-state index contributed by atoms with van der Waals surface area (Å²) in [6.45, 7) is 2.44. The highest BCUT2D eigenvalue weighted by Gasteiger charge is 2.34. The zero-order chi connectivity index (χ0) is 15.8. The summed E-state index contributed by atoms with van der Waals surface area (Å²) in [5.41, 5.74) is 1.56. The van der Waals surface area contributed by atoms with E-state index < -0.39 is 0 Å². The molecule has 0 bridgehead atoms. The lowest BCUT2D eigenvalue weighted by Gasteiger charge is -2.41. The van der Waals surface area contributed by atoms with Crippen molar-refractivity contribution in [1.82, 2.24) is 0 Å². The maximum Gasteiger partial charge on any atom is 0.119 e. The number of hydrogen-bond donors (Lipinski definition) is 0. The second kappa shape index (κ2) is 6.19. The van der Waals surface area contributed by atoms with Crippen molar-refractivity contribution >= 4 is 10.8 Å². The van der Waals surface area contributed by atoms with Crippen LogP contribution in [0.5, 0.6) is 5.75 Å². The third kappa shape index (κ3) is 2.98. The first kappa shape index (κ1) is 15.1. The van der Waals surface area contributed by atoms with Crippen molar-refractivity contribution in [3.8, 4) is 5.75 Å². The molecule has 0 N–H and O–H groups in total. The molecule has 0 aliphatic heterocycles. The molecule has 0 heterocycles. The second-order valence-corrected chi connectivity index (χ2v) is 7.92. The molecule has 2 aliphatic rings. The van der Waals surface area contributed by atoms with Gasteiger partial charge in [0.15, 0.2) is 0 Å². The van der Waals surface area contributed by atoms with E-state index in [4.69, 9.17) is 4.74 Å². The van der Waals surface area contributed by atoms with E-state index in [1.807, 2.05) is 0 Å². The highest BCUT2D eigenvalue weighted by Crippen LogP contribution is 2.47. The van der Waals surface area contributed by atoms with Crippen LogP contribution in [0.3, 0.4) is 0 Å². The molecular formula is C22H28O. The van der Waals surface area contributed by atoms with Gasteiger partial charge in [0.1, 0.15) is 5.75 Å². The number of rotatable bonds is 2. The molecule has 0 amide bonds. The van der Waals surface area contributed by atoms with E-state index in [9.17, 15) is 0 Å². The monoisotopic (exact) mass is 308 g/mol. The van der Waals surface area contributed by atoms with Crippen molar-refractivity contribution in [2.24, 2.45) is 17.8 Å². The van der Waals surface area contributed by atoms with Crippen molar-refractivity contribution in [2.75, 3.05) is 7.11 Å². The van der Waals surface area contributed by atoms with Gasteiger partial charge in [-0.2, -0.15) is 0 Å². The molecule has 23 heavy (non-hydrogen) atoms. The molecule has 1 nitrogen and oxygen atoms in total. The Kier molecular flexibility index (Phi) is 4.05. The Balaban J connectivity index is 1.55. The third-order valence-electron chi connectivity index (χ3n) is 6.42. The maximum atomic E-state index is 5.34. The molecule has 4 atom stereocenters. The van der Waals surface area contributed by atoms with Crippen molar-refractivity contribution in [3.63, 3.8) is 0 Å². The van der Waals surface area contributed by atoms with E-state index in [0.717, 1.165) is 29.4 Å². The van der Waals surface area contributed by atoms with Crippen molar-refractivity contribution < 1.29 is 4.74 Å². The lowest BCUT2D eigenvalue weighted by molar-refractivity contribution is 0.124. The molecule has 1 heteroatoms. The predicted molar refractivity (Wildman–Crippen MR) is 97.1 cm³/mol. The fourth-order valence-electron chi connectivity index (χ4n) is 5.05. The minimum atomic E-state index is 0.774. The summed E-state index contributed by atoms with van der Waals surface area (Å²) in [5.74, 6) is 4.68. The molecule has 0 aromatic heterocycles. The standard InChI is InChI=1S/C22H28O/c1-15-3-4-17-12-18(6-5-16(17)11-15)19-7-8-21-14-22(23-2)10-9-20(21)13-19/h7-10,13-18H,3-6,11-12H2,1-2H3. The first-order chi connectivity index (χ1) is 11.2. The predicted octanol–water partition coefficient (Wildman–Crippen LogP) is 6.17. The highest BCUT2D eigenvalue weighted by molar-refractivity contribution is 5.84. The van der Waals surface area contributed by atoms with E-state index in [1.165, 1.54) is 49.3 Å². The van der Waals surface area contributed by atoms with Crippen LogP contribution in [0.1, 0.15) is 56.9 Å². The molecule has 2 aromatic carbocycles. The first-order valence-corrected chi connectivity index (χ1v) is 9.30. The van der Waals surface area contributed by atoms with E-state index >= 15 is 0 Å². The first-order valence-electron chi connectivity index (χ1n) is 9.30. The number of hydrogen-bond acceptors (Lipinski definition) is 1. The summed E-state index contributed by atoms with van der Waals surface area (Å²) in [4.78, 5) is 0. The zero-order valence-electron chi connectivity index (χ0n) is 14.4. The molecule has 2 fully saturated rings. The summed E-state index contributed by atoms with van der Waals surface area (Å²) in [6, 6.07) is 13.5. The van der Waals surface area contributed by atoms with Crippen LogP contribution in [0.2, 0.25) is 0 Å². The van der Waals surface area contributed by atoms with Crippen molar-refractivity contribution in [2.45, 2.75) is 51.4 Å². The van der Waals surface area contributed by atoms with E-state index in [-0.39, 0.29) is 0 Å². The van der Waals surface area contributed by atoms with Gasteiger partial charge in [0.2, 0.25) is 0 Å². The SMILES string of the molecule is COc1ccc2cc(C3CCC4CC(C)CCC4C3)ccc2c1. The summed E-state index contributed by atoms with van der Waals surface area (Å²) in [7, 11) is 1.74. The fourth-order valence-corrected chi connectivity index (χ4v) is 5.05. The second-order valence-electron chi connectivity index (χ2n) is 7.92. The lowest BCUT2D eigenvalue weighted by atomic mass is 9.64. The summed E-state index contributed by atoms with van der Waals surface area (Å²) >= 11 is 0. The Morgan fingerprint density at radius 1 is 0.826 bits per heavy atom. The number of fused-ring (bicyclic) bond motifs is 2. The quantitative estimate of drug-likeness (QED) is 0.644. The Morgan fingerprint density at radius 2 is 1.57 bits per heavy atom. The molecule has 4 rings (SSSR count). The van der Waals surface area contributed by atoms with Gasteiger partial charge in [0.25, 0.3) is 0 Å². The largest absolute Gasteiger partial charge is 0.497 e. The minimum absolute atomic E-state index is 0.774. The maximum absolute atomic E-state index is 5.34. The Labute approximate surface area is 140 Å². The average molecular weight is 308 g/mol. The van der Waals surface area contributed by atoms with Crippen molar-refractivity contribution in [1.29, 1.82) is 0 Å². The van der Waals surface area contributed by atoms with Crippen LogP contribution in [0.4, 0.5) is 0 Å². The Bertz CT molecular complexity index is 689. The van der Waals surface area contributed by atoms with Crippen LogP contribution >= 0.6 is 0 Å². The Morgan fingerprint density at radius 3 is 2.43 bits per heavy atom. The fraction of sp³-hybridized carbons (Fsp3) is 0.545. The van der Waals surface area contributed by atoms with Crippen LogP contribution in [0, 0.1) is 17.8 Å². The number of benzene rings is 2. The van der Waals surface area contributed by atoms with Gasteiger partial charge in [-0.25, -0.2) is 0 Å². The van der Waals surface area contributed by atoms with Crippen LogP contribution < -0.4 is 4.74 Å². The molecule has 122 valence electrons. The van der Waals surface area contributed by atoms with Gasteiger partial charge < -0.3 is 4.74 Å². The average Bonchev–Trinajstić information content (AvgIpc) is 2.60. The third-order valence-corrected chi connectivity index (χ3v) is 6.42. The normalized spacial score (nSPS) is 30.9. The van der Waals surface area contributed by atoms with E-state index in [0.29, 0.717) is 0 Å². The summed E-state index contributed by atoms with van der Waals surface area (Å²) in [5, 5.41) is 2.64. The number of ether oxygens (including phenoxy) is 1.